The van der Waals surface area contributed by atoms with Crippen LogP contribution < -0.4 is 4.74 Å². The van der Waals surface area contributed by atoms with Crippen molar-refractivity contribution in [2.75, 3.05) is 0 Å². The van der Waals surface area contributed by atoms with E-state index in [1.807, 2.05) is 0 Å². The van der Waals surface area contributed by atoms with Crippen molar-refractivity contribution in [2.24, 2.45) is 0 Å². The number of rotatable bonds is 2. The Morgan fingerprint density at radius 3 is 1.90 bits per heavy atom. The van der Waals surface area contributed by atoms with Crippen molar-refractivity contribution in [3.8, 4) is 17.6 Å². The summed E-state index contributed by atoms with van der Waals surface area (Å²) in [4.78, 5) is 0. The van der Waals surface area contributed by atoms with Crippen LogP contribution in [0.15, 0.2) is 36.4 Å². The average molecular weight is 299 g/mol. The highest BCUT2D eigenvalue weighted by atomic mass is 19.4. The zero-order valence-corrected chi connectivity index (χ0v) is 10.2. The van der Waals surface area contributed by atoms with Crippen LogP contribution in [0.1, 0.15) is 11.1 Å². The number of nitrogens with zero attached hydrogens (tertiary/aromatic N) is 1. The Hall–Kier alpha value is -2.62. The molecule has 0 aliphatic carbocycles. The Labute approximate surface area is 116 Å². The maximum absolute atomic E-state index is 13.6. The van der Waals surface area contributed by atoms with Crippen molar-refractivity contribution in [1.82, 2.24) is 0 Å². The van der Waals surface area contributed by atoms with Gasteiger partial charge in [-0.15, -0.1) is 0 Å². The summed E-state index contributed by atoms with van der Waals surface area (Å²) in [5.74, 6) is -3.18. The van der Waals surface area contributed by atoms with Crippen LogP contribution in [0.4, 0.5) is 22.0 Å². The fraction of sp³-hybridized carbons (Fsp3) is 0.0714. The third-order valence-electron chi connectivity index (χ3n) is 2.53. The molecule has 0 aromatic heterocycles. The molecule has 0 bridgehead atoms. The van der Waals surface area contributed by atoms with Gasteiger partial charge < -0.3 is 4.74 Å². The van der Waals surface area contributed by atoms with Gasteiger partial charge in [-0.05, 0) is 36.4 Å². The number of halogens is 5. The van der Waals surface area contributed by atoms with Crippen LogP contribution in [0, 0.1) is 23.0 Å². The maximum atomic E-state index is 13.6. The lowest BCUT2D eigenvalue weighted by molar-refractivity contribution is -0.137. The summed E-state index contributed by atoms with van der Waals surface area (Å²) in [5, 5.41) is 8.54. The van der Waals surface area contributed by atoms with E-state index in [9.17, 15) is 22.0 Å². The predicted molar refractivity (Wildman–Crippen MR) is 62.6 cm³/mol. The molecule has 0 heterocycles. The summed E-state index contributed by atoms with van der Waals surface area (Å²) in [6, 6.07) is 6.45. The maximum Gasteiger partial charge on any atom is 0.416 e. The molecule has 0 aliphatic heterocycles. The van der Waals surface area contributed by atoms with E-state index in [0.29, 0.717) is 0 Å². The Bertz CT molecular complexity index is 678. The van der Waals surface area contributed by atoms with Crippen molar-refractivity contribution in [1.29, 1.82) is 5.26 Å². The fourth-order valence-electron chi connectivity index (χ4n) is 1.55. The van der Waals surface area contributed by atoms with Crippen molar-refractivity contribution >= 4 is 0 Å². The van der Waals surface area contributed by atoms with E-state index in [1.54, 1.807) is 6.07 Å². The Morgan fingerprint density at radius 2 is 1.48 bits per heavy atom. The second-order valence-corrected chi connectivity index (χ2v) is 4.01. The molecule has 0 saturated carbocycles. The molecule has 2 aromatic rings. The molecule has 7 heteroatoms. The van der Waals surface area contributed by atoms with Gasteiger partial charge in [0.25, 0.3) is 0 Å². The smallest absolute Gasteiger partial charge is 0.416 e. The highest BCUT2D eigenvalue weighted by molar-refractivity contribution is 5.40. The minimum absolute atomic E-state index is 0.162. The van der Waals surface area contributed by atoms with Gasteiger partial charge >= 0.3 is 6.18 Å². The first-order chi connectivity index (χ1) is 9.81. The minimum Gasteiger partial charge on any atom is -0.451 e. The van der Waals surface area contributed by atoms with Gasteiger partial charge in [0.05, 0.1) is 17.2 Å². The third kappa shape index (κ3) is 3.28. The van der Waals surface area contributed by atoms with Crippen LogP contribution in [-0.4, -0.2) is 0 Å². The highest BCUT2D eigenvalue weighted by Gasteiger charge is 2.30. The molecule has 0 unspecified atom stereocenters. The molecule has 2 rings (SSSR count). The lowest BCUT2D eigenvalue weighted by Gasteiger charge is -2.10. The van der Waals surface area contributed by atoms with Crippen molar-refractivity contribution in [3.05, 3.63) is 59.2 Å². The second-order valence-electron chi connectivity index (χ2n) is 4.01. The minimum atomic E-state index is -4.51. The topological polar surface area (TPSA) is 33.0 Å². The molecule has 2 aromatic carbocycles. The molecule has 0 saturated heterocycles. The summed E-state index contributed by atoms with van der Waals surface area (Å²) in [6.07, 6.45) is -4.51. The lowest BCUT2D eigenvalue weighted by Crippen LogP contribution is -2.04. The van der Waals surface area contributed by atoms with Gasteiger partial charge in [0.15, 0.2) is 17.4 Å². The van der Waals surface area contributed by atoms with E-state index in [0.717, 1.165) is 36.4 Å². The molecular formula is C14H6F5NO. The Balaban J connectivity index is 2.29. The van der Waals surface area contributed by atoms with Gasteiger partial charge in [0.2, 0.25) is 0 Å². The number of nitriles is 1. The van der Waals surface area contributed by atoms with Gasteiger partial charge in [0, 0.05) is 0 Å². The molecule has 2 nitrogen and oxygen atoms in total. The number of hydrogen-bond donors (Lipinski definition) is 0. The first-order valence-corrected chi connectivity index (χ1v) is 5.55. The summed E-state index contributed by atoms with van der Waals surface area (Å²) in [6.45, 7) is 0. The van der Waals surface area contributed by atoms with Gasteiger partial charge in [0.1, 0.15) is 5.75 Å². The zero-order valence-electron chi connectivity index (χ0n) is 10.2. The second kappa shape index (κ2) is 5.40. The van der Waals surface area contributed by atoms with Crippen LogP contribution in [-0.2, 0) is 6.18 Å². The van der Waals surface area contributed by atoms with Gasteiger partial charge in [-0.3, -0.25) is 0 Å². The summed E-state index contributed by atoms with van der Waals surface area (Å²) in [7, 11) is 0. The summed E-state index contributed by atoms with van der Waals surface area (Å²) >= 11 is 0. The van der Waals surface area contributed by atoms with E-state index >= 15 is 0 Å². The van der Waals surface area contributed by atoms with Crippen LogP contribution in [0.25, 0.3) is 0 Å². The predicted octanol–water partition coefficient (Wildman–Crippen LogP) is 4.65. The monoisotopic (exact) mass is 299 g/mol. The molecular weight excluding hydrogens is 293 g/mol. The molecule has 108 valence electrons. The SMILES string of the molecule is N#Cc1cc(F)c(Oc2ccc(C(F)(F)F)cc2)c(F)c1. The van der Waals surface area contributed by atoms with Crippen molar-refractivity contribution < 1.29 is 26.7 Å². The quantitative estimate of drug-likeness (QED) is 0.756. The molecule has 0 N–H and O–H groups in total. The van der Waals surface area contributed by atoms with E-state index in [2.05, 4.69) is 0 Å². The lowest BCUT2D eigenvalue weighted by atomic mass is 10.2. The number of ether oxygens (including phenoxy) is 1. The van der Waals surface area contributed by atoms with Crippen LogP contribution >= 0.6 is 0 Å². The van der Waals surface area contributed by atoms with Crippen LogP contribution in [0.2, 0.25) is 0 Å². The first-order valence-electron chi connectivity index (χ1n) is 5.55. The Morgan fingerprint density at radius 1 is 0.952 bits per heavy atom. The number of benzene rings is 2. The first kappa shape index (κ1) is 14.8. The van der Waals surface area contributed by atoms with Crippen molar-refractivity contribution in [3.63, 3.8) is 0 Å². The molecule has 0 aliphatic rings. The van der Waals surface area contributed by atoms with Crippen LogP contribution in [0.5, 0.6) is 11.5 Å². The number of hydrogen-bond acceptors (Lipinski definition) is 2. The molecule has 0 amide bonds. The van der Waals surface area contributed by atoms with E-state index in [4.69, 9.17) is 10.00 Å². The zero-order chi connectivity index (χ0) is 15.6. The summed E-state index contributed by atoms with van der Waals surface area (Å²) < 4.78 is 69.1. The average Bonchev–Trinajstić information content (AvgIpc) is 2.42. The fourth-order valence-corrected chi connectivity index (χ4v) is 1.55. The van der Waals surface area contributed by atoms with Crippen LogP contribution in [0.3, 0.4) is 0 Å². The molecule has 0 radical (unpaired) electrons. The standard InChI is InChI=1S/C14H6F5NO/c15-11-5-8(7-20)6-12(16)13(11)21-10-3-1-9(2-4-10)14(17,18)19/h1-6H. The highest BCUT2D eigenvalue weighted by Crippen LogP contribution is 2.32. The molecule has 0 atom stereocenters. The molecule has 0 spiro atoms. The third-order valence-corrected chi connectivity index (χ3v) is 2.53. The summed E-state index contributed by atoms with van der Waals surface area (Å²) in [5.41, 5.74) is -1.14. The largest absolute Gasteiger partial charge is 0.451 e. The Kier molecular flexibility index (Phi) is 3.80. The molecule has 0 fully saturated rings. The van der Waals surface area contributed by atoms with E-state index < -0.39 is 29.1 Å². The van der Waals surface area contributed by atoms with Gasteiger partial charge in [-0.25, -0.2) is 8.78 Å². The van der Waals surface area contributed by atoms with E-state index in [1.165, 1.54) is 0 Å². The van der Waals surface area contributed by atoms with Gasteiger partial charge in [-0.2, -0.15) is 18.4 Å². The van der Waals surface area contributed by atoms with Gasteiger partial charge in [-0.1, -0.05) is 0 Å². The number of alkyl halides is 3. The molecule has 21 heavy (non-hydrogen) atoms. The normalized spacial score (nSPS) is 11.0. The van der Waals surface area contributed by atoms with E-state index in [-0.39, 0.29) is 11.3 Å². The van der Waals surface area contributed by atoms with Crippen molar-refractivity contribution in [2.45, 2.75) is 6.18 Å².